The quantitative estimate of drug-likeness (QED) is 0.800. The van der Waals surface area contributed by atoms with Gasteiger partial charge in [0.25, 0.3) is 0 Å². The van der Waals surface area contributed by atoms with Crippen molar-refractivity contribution in [3.8, 4) is 0 Å². The van der Waals surface area contributed by atoms with Gasteiger partial charge in [-0.25, -0.2) is 4.98 Å². The Morgan fingerprint density at radius 3 is 2.64 bits per heavy atom. The molecule has 0 aliphatic rings. The van der Waals surface area contributed by atoms with Crippen molar-refractivity contribution in [3.63, 3.8) is 0 Å². The second kappa shape index (κ2) is 5.49. The first-order valence-corrected chi connectivity index (χ1v) is 5.17. The molecule has 5 heteroatoms. The highest BCUT2D eigenvalue weighted by atomic mass is 35.5. The molecule has 1 aromatic heterocycles. The molecule has 0 N–H and O–H groups in total. The number of nitrogens with zero attached hydrogens (tertiary/aromatic N) is 3. The van der Waals surface area contributed by atoms with E-state index in [-0.39, 0.29) is 0 Å². The van der Waals surface area contributed by atoms with Crippen molar-refractivity contribution in [1.29, 1.82) is 0 Å². The van der Waals surface area contributed by atoms with Crippen molar-refractivity contribution in [2.24, 2.45) is 0 Å². The van der Waals surface area contributed by atoms with Crippen LogP contribution in [0.3, 0.4) is 0 Å². The lowest BCUT2D eigenvalue weighted by Crippen LogP contribution is -2.13. The van der Waals surface area contributed by atoms with Gasteiger partial charge in [0.05, 0.1) is 11.9 Å². The Kier molecular flexibility index (Phi) is 4.58. The molecular formula is C9H13Cl2N3. The molecule has 1 rings (SSSR count). The minimum Gasteiger partial charge on any atom is -0.309 e. The fraction of sp³-hybridized carbons (Fsp3) is 0.556. The van der Waals surface area contributed by atoms with Gasteiger partial charge in [0.1, 0.15) is 5.15 Å². The second-order valence-corrected chi connectivity index (χ2v) is 4.08. The summed E-state index contributed by atoms with van der Waals surface area (Å²) in [4.78, 5) is 10.2. The SMILES string of the molecule is CN(C)CCCc1ncc(Cl)nc1Cl. The highest BCUT2D eigenvalue weighted by Gasteiger charge is 2.04. The monoisotopic (exact) mass is 233 g/mol. The molecule has 0 bridgehead atoms. The molecule has 0 aromatic carbocycles. The van der Waals surface area contributed by atoms with Crippen LogP contribution in [0.4, 0.5) is 0 Å². The van der Waals surface area contributed by atoms with Crippen LogP contribution >= 0.6 is 23.2 Å². The predicted molar refractivity (Wildman–Crippen MR) is 58.9 cm³/mol. The summed E-state index contributed by atoms with van der Waals surface area (Å²) in [5.41, 5.74) is 0.818. The van der Waals surface area contributed by atoms with Gasteiger partial charge in [0.15, 0.2) is 5.15 Å². The van der Waals surface area contributed by atoms with Crippen LogP contribution in [0.25, 0.3) is 0 Å². The Morgan fingerprint density at radius 1 is 1.36 bits per heavy atom. The molecule has 0 fully saturated rings. The Labute approximate surface area is 94.1 Å². The average Bonchev–Trinajstić information content (AvgIpc) is 2.08. The van der Waals surface area contributed by atoms with Crippen LogP contribution in [0.15, 0.2) is 6.20 Å². The molecule has 0 amide bonds. The minimum atomic E-state index is 0.339. The fourth-order valence-corrected chi connectivity index (χ4v) is 1.51. The van der Waals surface area contributed by atoms with E-state index in [1.165, 1.54) is 6.20 Å². The molecule has 78 valence electrons. The molecular weight excluding hydrogens is 221 g/mol. The Morgan fingerprint density at radius 2 is 2.07 bits per heavy atom. The molecule has 1 heterocycles. The van der Waals surface area contributed by atoms with Gasteiger partial charge in [-0.3, -0.25) is 4.98 Å². The number of hydrogen-bond acceptors (Lipinski definition) is 3. The zero-order valence-corrected chi connectivity index (χ0v) is 9.81. The van der Waals surface area contributed by atoms with Gasteiger partial charge < -0.3 is 4.90 Å². The van der Waals surface area contributed by atoms with Gasteiger partial charge in [-0.05, 0) is 33.5 Å². The highest BCUT2D eigenvalue weighted by molar-refractivity contribution is 6.32. The minimum absolute atomic E-state index is 0.339. The predicted octanol–water partition coefficient (Wildman–Crippen LogP) is 2.28. The molecule has 0 unspecified atom stereocenters. The third-order valence-electron chi connectivity index (χ3n) is 1.79. The standard InChI is InChI=1S/C9H13Cl2N3/c1-14(2)5-3-4-7-9(11)13-8(10)6-12-7/h6H,3-5H2,1-2H3. The van der Waals surface area contributed by atoms with Crippen LogP contribution in [-0.4, -0.2) is 35.5 Å². The van der Waals surface area contributed by atoms with E-state index >= 15 is 0 Å². The molecule has 14 heavy (non-hydrogen) atoms. The van der Waals surface area contributed by atoms with E-state index in [2.05, 4.69) is 14.9 Å². The molecule has 0 spiro atoms. The molecule has 0 aliphatic heterocycles. The number of aromatic nitrogens is 2. The van der Waals surface area contributed by atoms with E-state index < -0.39 is 0 Å². The zero-order chi connectivity index (χ0) is 10.6. The summed E-state index contributed by atoms with van der Waals surface area (Å²) in [5.74, 6) is 0. The Bertz CT molecular complexity index is 302. The van der Waals surface area contributed by atoms with Crippen molar-refractivity contribution in [1.82, 2.24) is 14.9 Å². The number of rotatable bonds is 4. The third kappa shape index (κ3) is 3.78. The smallest absolute Gasteiger partial charge is 0.152 e. The number of aryl methyl sites for hydroxylation is 1. The van der Waals surface area contributed by atoms with Crippen LogP contribution in [0.1, 0.15) is 12.1 Å². The molecule has 0 atom stereocenters. The maximum atomic E-state index is 5.87. The van der Waals surface area contributed by atoms with E-state index in [0.717, 1.165) is 25.1 Å². The second-order valence-electron chi connectivity index (χ2n) is 3.34. The summed E-state index contributed by atoms with van der Waals surface area (Å²) in [6, 6.07) is 0. The van der Waals surface area contributed by atoms with E-state index in [0.29, 0.717) is 10.3 Å². The fourth-order valence-electron chi connectivity index (χ4n) is 1.10. The van der Waals surface area contributed by atoms with Crippen molar-refractivity contribution in [3.05, 3.63) is 22.2 Å². The summed E-state index contributed by atoms with van der Waals surface area (Å²) >= 11 is 11.5. The zero-order valence-electron chi connectivity index (χ0n) is 8.30. The summed E-state index contributed by atoms with van der Waals surface area (Å²) in [5, 5.41) is 0.752. The largest absolute Gasteiger partial charge is 0.309 e. The van der Waals surface area contributed by atoms with Gasteiger partial charge in [-0.15, -0.1) is 0 Å². The summed E-state index contributed by atoms with van der Waals surface area (Å²) in [6.45, 7) is 1.01. The molecule has 0 saturated heterocycles. The van der Waals surface area contributed by atoms with E-state index in [4.69, 9.17) is 23.2 Å². The first-order valence-electron chi connectivity index (χ1n) is 4.41. The number of halogens is 2. The maximum Gasteiger partial charge on any atom is 0.152 e. The molecule has 3 nitrogen and oxygen atoms in total. The first kappa shape index (κ1) is 11.7. The van der Waals surface area contributed by atoms with Crippen LogP contribution in [0, 0.1) is 0 Å². The maximum absolute atomic E-state index is 5.87. The summed E-state index contributed by atoms with van der Waals surface area (Å²) in [6.07, 6.45) is 3.38. The molecule has 1 aromatic rings. The molecule has 0 saturated carbocycles. The van der Waals surface area contributed by atoms with Crippen molar-refractivity contribution in [2.75, 3.05) is 20.6 Å². The van der Waals surface area contributed by atoms with Gasteiger partial charge in [-0.2, -0.15) is 0 Å². The summed E-state index contributed by atoms with van der Waals surface area (Å²) in [7, 11) is 4.07. The molecule has 0 aliphatic carbocycles. The Hall–Kier alpha value is -0.380. The van der Waals surface area contributed by atoms with Crippen LogP contribution < -0.4 is 0 Å². The van der Waals surface area contributed by atoms with Gasteiger partial charge >= 0.3 is 0 Å². The Balaban J connectivity index is 2.51. The lowest BCUT2D eigenvalue weighted by Gasteiger charge is -2.08. The van der Waals surface area contributed by atoms with Crippen LogP contribution in [0.2, 0.25) is 10.3 Å². The third-order valence-corrected chi connectivity index (χ3v) is 2.27. The first-order chi connectivity index (χ1) is 6.59. The topological polar surface area (TPSA) is 29.0 Å². The van der Waals surface area contributed by atoms with Gasteiger partial charge in [-0.1, -0.05) is 23.2 Å². The highest BCUT2D eigenvalue weighted by Crippen LogP contribution is 2.14. The van der Waals surface area contributed by atoms with Crippen LogP contribution in [-0.2, 0) is 6.42 Å². The lowest BCUT2D eigenvalue weighted by atomic mass is 10.2. The molecule has 0 radical (unpaired) electrons. The average molecular weight is 234 g/mol. The van der Waals surface area contributed by atoms with E-state index in [1.807, 2.05) is 14.1 Å². The van der Waals surface area contributed by atoms with E-state index in [9.17, 15) is 0 Å². The van der Waals surface area contributed by atoms with Gasteiger partial charge in [0.2, 0.25) is 0 Å². The number of hydrogen-bond donors (Lipinski definition) is 0. The van der Waals surface area contributed by atoms with E-state index in [1.54, 1.807) is 0 Å². The van der Waals surface area contributed by atoms with Crippen molar-refractivity contribution in [2.45, 2.75) is 12.8 Å². The lowest BCUT2D eigenvalue weighted by molar-refractivity contribution is 0.399. The van der Waals surface area contributed by atoms with Crippen molar-refractivity contribution >= 4 is 23.2 Å². The normalized spacial score (nSPS) is 10.9. The van der Waals surface area contributed by atoms with Crippen LogP contribution in [0.5, 0.6) is 0 Å². The van der Waals surface area contributed by atoms with Gasteiger partial charge in [0, 0.05) is 0 Å². The van der Waals surface area contributed by atoms with Crippen molar-refractivity contribution < 1.29 is 0 Å². The summed E-state index contributed by atoms with van der Waals surface area (Å²) < 4.78 is 0.